The van der Waals surface area contributed by atoms with Crippen molar-refractivity contribution in [2.24, 2.45) is 0 Å². The molecule has 0 aliphatic heterocycles. The predicted octanol–water partition coefficient (Wildman–Crippen LogP) is 4.11. The van der Waals surface area contributed by atoms with Crippen molar-refractivity contribution in [2.45, 2.75) is 10.2 Å². The van der Waals surface area contributed by atoms with Gasteiger partial charge < -0.3 is 10.2 Å². The Morgan fingerprint density at radius 3 is 2.76 bits per heavy atom. The van der Waals surface area contributed by atoms with Crippen LogP contribution in [0, 0.1) is 0 Å². The first-order chi connectivity index (χ1) is 10.3. The number of benzene rings is 2. The smallest absolute Gasteiger partial charge is 0.263 e. The summed E-state index contributed by atoms with van der Waals surface area (Å²) in [5.41, 5.74) is 8.86. The third-order valence-electron chi connectivity index (χ3n) is 3.16. The van der Waals surface area contributed by atoms with Gasteiger partial charge in [-0.3, -0.25) is 0 Å². The molecule has 0 spiro atoms. The zero-order valence-corrected chi connectivity index (χ0v) is 11.8. The predicted molar refractivity (Wildman–Crippen MR) is 84.3 cm³/mol. The number of rotatable bonds is 2. The number of nitrogen functional groups attached to an aromatic ring is 1. The number of hydrogen-bond donors (Lipinski definition) is 1. The maximum absolute atomic E-state index is 5.74. The molecule has 21 heavy (non-hydrogen) atoms. The number of hydrogen-bond acceptors (Lipinski definition) is 5. The topological polar surface area (TPSA) is 64.9 Å². The van der Waals surface area contributed by atoms with Crippen molar-refractivity contribution >= 4 is 39.5 Å². The molecule has 0 unspecified atom stereocenters. The highest BCUT2D eigenvalue weighted by atomic mass is 32.2. The molecule has 4 aromatic rings. The van der Waals surface area contributed by atoms with Crippen LogP contribution in [0.15, 0.2) is 69.3 Å². The molecule has 4 rings (SSSR count). The zero-order valence-electron chi connectivity index (χ0n) is 11.0. The van der Waals surface area contributed by atoms with E-state index in [9.17, 15) is 0 Å². The number of fused-ring (bicyclic) bond motifs is 2. The molecule has 0 saturated heterocycles. The lowest BCUT2D eigenvalue weighted by Gasteiger charge is -1.99. The highest BCUT2D eigenvalue weighted by molar-refractivity contribution is 7.99. The molecule has 0 bridgehead atoms. The molecule has 2 heterocycles. The summed E-state index contributed by atoms with van der Waals surface area (Å²) in [6.07, 6.45) is 0. The summed E-state index contributed by atoms with van der Waals surface area (Å²) in [6, 6.07) is 17.5. The molecule has 4 nitrogen and oxygen atoms in total. The van der Waals surface area contributed by atoms with Crippen molar-refractivity contribution in [3.05, 3.63) is 54.6 Å². The molecule has 102 valence electrons. The Bertz CT molecular complexity index is 948. The van der Waals surface area contributed by atoms with E-state index in [4.69, 9.17) is 10.2 Å². The van der Waals surface area contributed by atoms with Gasteiger partial charge in [0.2, 0.25) is 0 Å². The molecular weight excluding hydrogens is 282 g/mol. The van der Waals surface area contributed by atoms with Crippen LogP contribution in [-0.2, 0) is 0 Å². The van der Waals surface area contributed by atoms with E-state index in [0.29, 0.717) is 16.5 Å². The average Bonchev–Trinajstić information content (AvgIpc) is 2.88. The Labute approximate surface area is 125 Å². The summed E-state index contributed by atoms with van der Waals surface area (Å²) >= 11 is 1.40. The lowest BCUT2D eigenvalue weighted by Crippen LogP contribution is -1.82. The van der Waals surface area contributed by atoms with Crippen molar-refractivity contribution in [1.29, 1.82) is 0 Å². The number of oxazole rings is 1. The minimum atomic E-state index is 0.568. The van der Waals surface area contributed by atoms with Crippen LogP contribution in [0.5, 0.6) is 0 Å². The zero-order chi connectivity index (χ0) is 14.2. The molecule has 0 fully saturated rings. The first-order valence-electron chi connectivity index (χ1n) is 6.48. The van der Waals surface area contributed by atoms with Crippen LogP contribution < -0.4 is 5.73 Å². The van der Waals surface area contributed by atoms with Gasteiger partial charge in [0.15, 0.2) is 5.58 Å². The van der Waals surface area contributed by atoms with Crippen molar-refractivity contribution in [3.63, 3.8) is 0 Å². The van der Waals surface area contributed by atoms with Crippen molar-refractivity contribution in [3.8, 4) is 0 Å². The van der Waals surface area contributed by atoms with Gasteiger partial charge in [-0.15, -0.1) is 0 Å². The van der Waals surface area contributed by atoms with E-state index in [2.05, 4.69) is 9.97 Å². The summed E-state index contributed by atoms with van der Waals surface area (Å²) in [5, 5.41) is 2.54. The number of anilines is 1. The lowest BCUT2D eigenvalue weighted by molar-refractivity contribution is 0.489. The Morgan fingerprint density at radius 2 is 1.81 bits per heavy atom. The summed E-state index contributed by atoms with van der Waals surface area (Å²) < 4.78 is 5.70. The second-order valence-electron chi connectivity index (χ2n) is 4.65. The van der Waals surface area contributed by atoms with Crippen LogP contribution in [0.1, 0.15) is 0 Å². The van der Waals surface area contributed by atoms with Gasteiger partial charge >= 0.3 is 0 Å². The summed E-state index contributed by atoms with van der Waals surface area (Å²) in [6.45, 7) is 0. The molecular formula is C16H11N3OS. The number of aromatic nitrogens is 2. The quantitative estimate of drug-likeness (QED) is 0.563. The molecule has 2 aromatic carbocycles. The van der Waals surface area contributed by atoms with E-state index < -0.39 is 0 Å². The fourth-order valence-corrected chi connectivity index (χ4v) is 2.89. The first kappa shape index (κ1) is 12.2. The van der Waals surface area contributed by atoms with Gasteiger partial charge in [-0.05, 0) is 36.0 Å². The van der Waals surface area contributed by atoms with Crippen LogP contribution in [0.2, 0.25) is 0 Å². The van der Waals surface area contributed by atoms with Crippen molar-refractivity contribution in [1.82, 2.24) is 9.97 Å². The van der Waals surface area contributed by atoms with E-state index in [1.165, 1.54) is 11.8 Å². The number of para-hydroxylation sites is 1. The highest BCUT2D eigenvalue weighted by Crippen LogP contribution is 2.30. The maximum Gasteiger partial charge on any atom is 0.263 e. The van der Waals surface area contributed by atoms with Crippen LogP contribution in [0.25, 0.3) is 22.0 Å². The van der Waals surface area contributed by atoms with E-state index in [-0.39, 0.29) is 0 Å². The SMILES string of the molecule is Nc1ccc2nc(Sc3ccc4ccccc4n3)oc2c1. The number of pyridine rings is 1. The second-order valence-corrected chi connectivity index (χ2v) is 5.62. The minimum absolute atomic E-state index is 0.568. The Balaban J connectivity index is 1.71. The maximum atomic E-state index is 5.74. The standard InChI is InChI=1S/C16H11N3OS/c17-11-6-7-13-14(9-11)20-16(19-13)21-15-8-5-10-3-1-2-4-12(10)18-15/h1-9H,17H2. The number of nitrogens with zero attached hydrogens (tertiary/aromatic N) is 2. The van der Waals surface area contributed by atoms with E-state index in [1.54, 1.807) is 6.07 Å². The fraction of sp³-hybridized carbons (Fsp3) is 0. The first-order valence-corrected chi connectivity index (χ1v) is 7.29. The minimum Gasteiger partial charge on any atom is -0.431 e. The Kier molecular flexibility index (Phi) is 2.79. The van der Waals surface area contributed by atoms with Crippen LogP contribution >= 0.6 is 11.8 Å². The molecule has 2 aromatic heterocycles. The number of nitrogens with two attached hydrogens (primary N) is 1. The summed E-state index contributed by atoms with van der Waals surface area (Å²) in [5.74, 6) is 0. The molecule has 2 N–H and O–H groups in total. The van der Waals surface area contributed by atoms with E-state index in [0.717, 1.165) is 21.4 Å². The van der Waals surface area contributed by atoms with Crippen LogP contribution in [-0.4, -0.2) is 9.97 Å². The third-order valence-corrected chi connectivity index (χ3v) is 3.94. The molecule has 0 aliphatic rings. The molecule has 0 radical (unpaired) electrons. The van der Waals surface area contributed by atoms with E-state index >= 15 is 0 Å². The van der Waals surface area contributed by atoms with Gasteiger partial charge in [0.25, 0.3) is 5.22 Å². The Morgan fingerprint density at radius 1 is 0.905 bits per heavy atom. The molecule has 0 saturated carbocycles. The van der Waals surface area contributed by atoms with Gasteiger partial charge in [-0.2, -0.15) is 0 Å². The van der Waals surface area contributed by atoms with Gasteiger partial charge in [0.05, 0.1) is 5.52 Å². The monoisotopic (exact) mass is 293 g/mol. The summed E-state index contributed by atoms with van der Waals surface area (Å²) in [7, 11) is 0. The lowest BCUT2D eigenvalue weighted by atomic mass is 10.2. The second kappa shape index (κ2) is 4.79. The van der Waals surface area contributed by atoms with Crippen LogP contribution in [0.3, 0.4) is 0 Å². The molecule has 5 heteroatoms. The van der Waals surface area contributed by atoms with Crippen LogP contribution in [0.4, 0.5) is 5.69 Å². The fourth-order valence-electron chi connectivity index (χ4n) is 2.16. The largest absolute Gasteiger partial charge is 0.431 e. The van der Waals surface area contributed by atoms with Gasteiger partial charge in [-0.1, -0.05) is 24.3 Å². The van der Waals surface area contributed by atoms with Crippen molar-refractivity contribution in [2.75, 3.05) is 5.73 Å². The van der Waals surface area contributed by atoms with Crippen molar-refractivity contribution < 1.29 is 4.42 Å². The molecule has 0 amide bonds. The molecule has 0 aliphatic carbocycles. The van der Waals surface area contributed by atoms with Gasteiger partial charge in [-0.25, -0.2) is 9.97 Å². The normalized spacial score (nSPS) is 11.2. The van der Waals surface area contributed by atoms with E-state index in [1.807, 2.05) is 48.5 Å². The highest BCUT2D eigenvalue weighted by Gasteiger charge is 2.09. The molecule has 0 atom stereocenters. The van der Waals surface area contributed by atoms with Gasteiger partial charge in [0.1, 0.15) is 10.5 Å². The average molecular weight is 293 g/mol. The third kappa shape index (κ3) is 2.32. The Hall–Kier alpha value is -2.53. The van der Waals surface area contributed by atoms with Gasteiger partial charge in [0, 0.05) is 17.1 Å². The summed E-state index contributed by atoms with van der Waals surface area (Å²) in [4.78, 5) is 9.03.